The molecule has 1 aromatic carbocycles. The average molecular weight is 252 g/mol. The van der Waals surface area contributed by atoms with Crippen molar-refractivity contribution in [2.75, 3.05) is 13.1 Å². The Kier molecular flexibility index (Phi) is 3.12. The van der Waals surface area contributed by atoms with Crippen molar-refractivity contribution in [2.24, 2.45) is 0 Å². The molecule has 1 saturated heterocycles. The van der Waals surface area contributed by atoms with Crippen LogP contribution in [-0.4, -0.2) is 18.7 Å². The Morgan fingerprint density at radius 1 is 1.18 bits per heavy atom. The van der Waals surface area contributed by atoms with Crippen LogP contribution < -0.4 is 5.32 Å². The highest BCUT2D eigenvalue weighted by Crippen LogP contribution is 2.39. The number of rotatable bonds is 1. The highest BCUT2D eigenvalue weighted by molar-refractivity contribution is 6.30. The van der Waals surface area contributed by atoms with Gasteiger partial charge in [0, 0.05) is 18.1 Å². The predicted molar refractivity (Wildman–Crippen MR) is 69.3 cm³/mol. The van der Waals surface area contributed by atoms with E-state index in [-0.39, 0.29) is 11.7 Å². The van der Waals surface area contributed by atoms with Crippen molar-refractivity contribution < 1.29 is 4.74 Å². The lowest BCUT2D eigenvalue weighted by Crippen LogP contribution is -2.49. The van der Waals surface area contributed by atoms with Crippen LogP contribution in [0.3, 0.4) is 0 Å². The van der Waals surface area contributed by atoms with Crippen LogP contribution in [-0.2, 0) is 4.74 Å². The third kappa shape index (κ3) is 2.35. The summed E-state index contributed by atoms with van der Waals surface area (Å²) in [4.78, 5) is 0. The Labute approximate surface area is 107 Å². The van der Waals surface area contributed by atoms with Crippen molar-refractivity contribution in [3.05, 3.63) is 34.9 Å². The molecule has 1 N–H and O–H groups in total. The number of halogens is 1. The molecule has 1 aliphatic carbocycles. The van der Waals surface area contributed by atoms with Crippen LogP contribution in [0.4, 0.5) is 0 Å². The molecule has 2 nitrogen and oxygen atoms in total. The molecule has 0 bridgehead atoms. The standard InChI is InChI=1S/C14H18ClNO/c15-12-5-3-11(4-6-12)13-9-16-10-14(17-13)7-1-2-8-14/h3-6,13,16H,1-2,7-10H2. The molecule has 1 saturated carbocycles. The summed E-state index contributed by atoms with van der Waals surface area (Å²) in [6.45, 7) is 1.92. The fourth-order valence-corrected chi connectivity index (χ4v) is 3.12. The molecule has 1 spiro atoms. The number of nitrogens with one attached hydrogen (secondary N) is 1. The first kappa shape index (κ1) is 11.5. The largest absolute Gasteiger partial charge is 0.364 e. The number of morpholine rings is 1. The Bertz CT molecular complexity index is 384. The molecule has 0 aromatic heterocycles. The number of hydrogen-bond donors (Lipinski definition) is 1. The first-order chi connectivity index (χ1) is 8.27. The smallest absolute Gasteiger partial charge is 0.0957 e. The first-order valence-corrected chi connectivity index (χ1v) is 6.79. The monoisotopic (exact) mass is 251 g/mol. The van der Waals surface area contributed by atoms with E-state index in [1.54, 1.807) is 0 Å². The molecule has 1 unspecified atom stereocenters. The van der Waals surface area contributed by atoms with Crippen molar-refractivity contribution >= 4 is 11.6 Å². The Morgan fingerprint density at radius 3 is 2.59 bits per heavy atom. The van der Waals surface area contributed by atoms with Crippen LogP contribution >= 0.6 is 11.6 Å². The van der Waals surface area contributed by atoms with E-state index >= 15 is 0 Å². The van der Waals surface area contributed by atoms with Crippen molar-refractivity contribution in [1.29, 1.82) is 0 Å². The number of ether oxygens (including phenoxy) is 1. The maximum Gasteiger partial charge on any atom is 0.0957 e. The van der Waals surface area contributed by atoms with Crippen molar-refractivity contribution in [3.63, 3.8) is 0 Å². The summed E-state index contributed by atoms with van der Waals surface area (Å²) in [6, 6.07) is 8.03. The van der Waals surface area contributed by atoms with Crippen LogP contribution in [0.25, 0.3) is 0 Å². The van der Waals surface area contributed by atoms with Gasteiger partial charge in [-0.05, 0) is 30.5 Å². The molecule has 2 fully saturated rings. The first-order valence-electron chi connectivity index (χ1n) is 6.41. The molecule has 3 heteroatoms. The van der Waals surface area contributed by atoms with Crippen LogP contribution in [0, 0.1) is 0 Å². The van der Waals surface area contributed by atoms with Gasteiger partial charge in [0.25, 0.3) is 0 Å². The maximum atomic E-state index is 6.36. The minimum absolute atomic E-state index is 0.0998. The molecule has 1 aliphatic heterocycles. The van der Waals surface area contributed by atoms with Gasteiger partial charge in [-0.15, -0.1) is 0 Å². The van der Waals surface area contributed by atoms with E-state index in [0.717, 1.165) is 18.1 Å². The molecule has 0 radical (unpaired) electrons. The Morgan fingerprint density at radius 2 is 1.88 bits per heavy atom. The van der Waals surface area contributed by atoms with Gasteiger partial charge in [-0.25, -0.2) is 0 Å². The Balaban J connectivity index is 1.77. The van der Waals surface area contributed by atoms with Gasteiger partial charge in [0.15, 0.2) is 0 Å². The van der Waals surface area contributed by atoms with E-state index in [1.807, 2.05) is 12.1 Å². The quantitative estimate of drug-likeness (QED) is 0.827. The molecule has 17 heavy (non-hydrogen) atoms. The van der Waals surface area contributed by atoms with Crippen LogP contribution in [0.2, 0.25) is 5.02 Å². The second-order valence-corrected chi connectivity index (χ2v) is 5.62. The average Bonchev–Trinajstić information content (AvgIpc) is 2.78. The summed E-state index contributed by atoms with van der Waals surface area (Å²) >= 11 is 5.91. The summed E-state index contributed by atoms with van der Waals surface area (Å²) in [5, 5.41) is 4.31. The van der Waals surface area contributed by atoms with Gasteiger partial charge in [0.2, 0.25) is 0 Å². The molecule has 3 rings (SSSR count). The van der Waals surface area contributed by atoms with Gasteiger partial charge in [-0.1, -0.05) is 36.6 Å². The lowest BCUT2D eigenvalue weighted by atomic mass is 9.97. The normalized spacial score (nSPS) is 27.5. The molecular weight excluding hydrogens is 234 g/mol. The van der Waals surface area contributed by atoms with Crippen molar-refractivity contribution in [2.45, 2.75) is 37.4 Å². The number of benzene rings is 1. The van der Waals surface area contributed by atoms with Crippen LogP contribution in [0.15, 0.2) is 24.3 Å². The summed E-state index contributed by atoms with van der Waals surface area (Å²) in [6.07, 6.45) is 5.18. The zero-order valence-corrected chi connectivity index (χ0v) is 10.7. The van der Waals surface area contributed by atoms with Crippen molar-refractivity contribution in [3.8, 4) is 0 Å². The zero-order valence-electron chi connectivity index (χ0n) is 9.92. The third-order valence-electron chi connectivity index (χ3n) is 3.93. The SMILES string of the molecule is Clc1ccc(C2CNCC3(CCCC3)O2)cc1. The minimum Gasteiger partial charge on any atom is -0.364 e. The van der Waals surface area contributed by atoms with Gasteiger partial charge in [-0.2, -0.15) is 0 Å². The van der Waals surface area contributed by atoms with Crippen LogP contribution in [0.5, 0.6) is 0 Å². The molecule has 92 valence electrons. The molecular formula is C14H18ClNO. The molecule has 1 atom stereocenters. The predicted octanol–water partition coefficient (Wildman–Crippen LogP) is 3.31. The second-order valence-electron chi connectivity index (χ2n) is 5.18. The summed E-state index contributed by atoms with van der Waals surface area (Å²) in [5.41, 5.74) is 1.33. The zero-order chi connectivity index (χ0) is 11.7. The fourth-order valence-electron chi connectivity index (χ4n) is 2.99. The molecule has 0 amide bonds. The summed E-state index contributed by atoms with van der Waals surface area (Å²) < 4.78 is 6.36. The third-order valence-corrected chi connectivity index (χ3v) is 4.18. The van der Waals surface area contributed by atoms with Crippen LogP contribution in [0.1, 0.15) is 37.4 Å². The Hall–Kier alpha value is -0.570. The molecule has 1 heterocycles. The maximum absolute atomic E-state index is 6.36. The lowest BCUT2D eigenvalue weighted by molar-refractivity contribution is -0.114. The number of hydrogen-bond acceptors (Lipinski definition) is 2. The highest BCUT2D eigenvalue weighted by Gasteiger charge is 2.39. The van der Waals surface area contributed by atoms with Crippen molar-refractivity contribution in [1.82, 2.24) is 5.32 Å². The van der Waals surface area contributed by atoms with Gasteiger partial charge in [0.1, 0.15) is 0 Å². The molecule has 1 aromatic rings. The fraction of sp³-hybridized carbons (Fsp3) is 0.571. The van der Waals surface area contributed by atoms with Gasteiger partial charge in [0.05, 0.1) is 11.7 Å². The van der Waals surface area contributed by atoms with Gasteiger partial charge in [-0.3, -0.25) is 0 Å². The molecule has 2 aliphatic rings. The van der Waals surface area contributed by atoms with E-state index in [4.69, 9.17) is 16.3 Å². The highest BCUT2D eigenvalue weighted by atomic mass is 35.5. The van der Waals surface area contributed by atoms with E-state index in [2.05, 4.69) is 17.4 Å². The second kappa shape index (κ2) is 4.60. The summed E-state index contributed by atoms with van der Waals surface area (Å²) in [5.74, 6) is 0. The van der Waals surface area contributed by atoms with E-state index in [1.165, 1.54) is 31.2 Å². The minimum atomic E-state index is 0.0998. The lowest BCUT2D eigenvalue weighted by Gasteiger charge is -2.39. The van der Waals surface area contributed by atoms with E-state index < -0.39 is 0 Å². The topological polar surface area (TPSA) is 21.3 Å². The van der Waals surface area contributed by atoms with Gasteiger partial charge >= 0.3 is 0 Å². The van der Waals surface area contributed by atoms with E-state index in [0.29, 0.717) is 0 Å². The van der Waals surface area contributed by atoms with E-state index in [9.17, 15) is 0 Å². The summed E-state index contributed by atoms with van der Waals surface area (Å²) in [7, 11) is 0. The van der Waals surface area contributed by atoms with Gasteiger partial charge < -0.3 is 10.1 Å².